The van der Waals surface area contributed by atoms with E-state index in [0.717, 1.165) is 12.2 Å². The highest BCUT2D eigenvalue weighted by Gasteiger charge is 2.20. The van der Waals surface area contributed by atoms with Crippen molar-refractivity contribution in [2.45, 2.75) is 39.8 Å². The van der Waals surface area contributed by atoms with Crippen molar-refractivity contribution in [3.63, 3.8) is 0 Å². The minimum absolute atomic E-state index is 0.273. The van der Waals surface area contributed by atoms with E-state index in [4.69, 9.17) is 4.52 Å². The Morgan fingerprint density at radius 1 is 1.16 bits per heavy atom. The number of aromatic nitrogens is 1. The van der Waals surface area contributed by atoms with Gasteiger partial charge >= 0.3 is 0 Å². The molecule has 1 atom stereocenters. The Balaban J connectivity index is 2.06. The van der Waals surface area contributed by atoms with Gasteiger partial charge < -0.3 is 9.84 Å². The van der Waals surface area contributed by atoms with Crippen LogP contribution in [0.3, 0.4) is 0 Å². The van der Waals surface area contributed by atoms with Gasteiger partial charge in [0.2, 0.25) is 0 Å². The molecule has 0 fully saturated rings. The lowest BCUT2D eigenvalue weighted by Gasteiger charge is -2.27. The van der Waals surface area contributed by atoms with E-state index in [-0.39, 0.29) is 5.41 Å². The summed E-state index contributed by atoms with van der Waals surface area (Å²) < 4.78 is 5.14. The summed E-state index contributed by atoms with van der Waals surface area (Å²) in [5.41, 5.74) is 1.59. The summed E-state index contributed by atoms with van der Waals surface area (Å²) >= 11 is 0. The van der Waals surface area contributed by atoms with Crippen LogP contribution in [0.25, 0.3) is 0 Å². The number of benzene rings is 1. The molecule has 2 rings (SSSR count). The van der Waals surface area contributed by atoms with Gasteiger partial charge in [-0.1, -0.05) is 56.3 Å². The summed E-state index contributed by atoms with van der Waals surface area (Å²) in [5.74, 6) is 0.870. The van der Waals surface area contributed by atoms with E-state index in [2.05, 4.69) is 55.5 Å². The maximum absolute atomic E-state index is 5.14. The van der Waals surface area contributed by atoms with E-state index >= 15 is 0 Å². The van der Waals surface area contributed by atoms with Crippen LogP contribution in [0.2, 0.25) is 0 Å². The summed E-state index contributed by atoms with van der Waals surface area (Å²) in [5, 5.41) is 7.29. The van der Waals surface area contributed by atoms with Crippen LogP contribution < -0.4 is 5.32 Å². The van der Waals surface area contributed by atoms with Crippen LogP contribution in [0, 0.1) is 5.41 Å². The molecule has 1 aromatic carbocycles. The van der Waals surface area contributed by atoms with Crippen LogP contribution in [0.5, 0.6) is 0 Å². The fourth-order valence-electron chi connectivity index (χ4n) is 2.16. The van der Waals surface area contributed by atoms with Crippen LogP contribution >= 0.6 is 0 Å². The highest BCUT2D eigenvalue weighted by molar-refractivity contribution is 5.19. The van der Waals surface area contributed by atoms with E-state index in [0.29, 0.717) is 12.6 Å². The Kier molecular flexibility index (Phi) is 4.38. The molecule has 0 spiro atoms. The minimum Gasteiger partial charge on any atom is -0.360 e. The van der Waals surface area contributed by atoms with Gasteiger partial charge in [-0.25, -0.2) is 0 Å². The molecular weight excluding hydrogens is 236 g/mol. The molecule has 3 nitrogen and oxygen atoms in total. The van der Waals surface area contributed by atoms with Crippen molar-refractivity contribution in [1.29, 1.82) is 0 Å². The Bertz CT molecular complexity index is 471. The first-order valence-electron chi connectivity index (χ1n) is 6.72. The van der Waals surface area contributed by atoms with Gasteiger partial charge in [0.1, 0.15) is 5.76 Å². The van der Waals surface area contributed by atoms with Crippen molar-refractivity contribution in [3.8, 4) is 0 Å². The molecule has 0 aliphatic rings. The molecule has 1 aromatic heterocycles. The van der Waals surface area contributed by atoms with Crippen molar-refractivity contribution in [2.75, 3.05) is 0 Å². The van der Waals surface area contributed by atoms with Gasteiger partial charge in [-0.2, -0.15) is 0 Å². The number of rotatable bonds is 5. The van der Waals surface area contributed by atoms with Gasteiger partial charge in [0.25, 0.3) is 0 Å². The third-order valence-corrected chi connectivity index (χ3v) is 3.03. The van der Waals surface area contributed by atoms with Gasteiger partial charge in [-0.05, 0) is 17.4 Å². The zero-order valence-corrected chi connectivity index (χ0v) is 11.9. The third-order valence-electron chi connectivity index (χ3n) is 3.03. The van der Waals surface area contributed by atoms with Crippen LogP contribution in [-0.2, 0) is 6.54 Å². The van der Waals surface area contributed by atoms with Crippen molar-refractivity contribution >= 4 is 0 Å². The zero-order valence-electron chi connectivity index (χ0n) is 11.9. The number of nitrogens with zero attached hydrogens (tertiary/aromatic N) is 1. The maximum atomic E-state index is 5.14. The highest BCUT2D eigenvalue weighted by atomic mass is 16.5. The van der Waals surface area contributed by atoms with Gasteiger partial charge in [-0.15, -0.1) is 0 Å². The molecule has 0 amide bonds. The maximum Gasteiger partial charge on any atom is 0.150 e. The van der Waals surface area contributed by atoms with Crippen LogP contribution in [0.1, 0.15) is 44.6 Å². The third kappa shape index (κ3) is 4.52. The Hall–Kier alpha value is -1.61. The summed E-state index contributed by atoms with van der Waals surface area (Å²) in [6, 6.07) is 12.8. The summed E-state index contributed by atoms with van der Waals surface area (Å²) in [4.78, 5) is 0. The first-order valence-corrected chi connectivity index (χ1v) is 6.72. The Labute approximate surface area is 115 Å². The number of nitrogens with one attached hydrogen (secondary N) is 1. The van der Waals surface area contributed by atoms with Crippen molar-refractivity contribution in [2.24, 2.45) is 5.41 Å². The summed E-state index contributed by atoms with van der Waals surface area (Å²) in [6.45, 7) is 7.49. The SMILES string of the molecule is CC(C)(C)CC(NCc1ccno1)c1ccccc1. The predicted octanol–water partition coefficient (Wildman–Crippen LogP) is 3.94. The number of hydrogen-bond donors (Lipinski definition) is 1. The van der Waals surface area contributed by atoms with Gasteiger partial charge in [0.05, 0.1) is 12.7 Å². The van der Waals surface area contributed by atoms with Crippen LogP contribution in [0.15, 0.2) is 47.1 Å². The predicted molar refractivity (Wildman–Crippen MR) is 76.6 cm³/mol. The molecule has 102 valence electrons. The highest BCUT2D eigenvalue weighted by Crippen LogP contribution is 2.29. The molecule has 0 aliphatic carbocycles. The molecule has 0 bridgehead atoms. The molecule has 0 saturated carbocycles. The largest absolute Gasteiger partial charge is 0.360 e. The van der Waals surface area contributed by atoms with Gasteiger partial charge in [0.15, 0.2) is 0 Å². The fraction of sp³-hybridized carbons (Fsp3) is 0.438. The summed E-state index contributed by atoms with van der Waals surface area (Å²) in [6.07, 6.45) is 2.75. The average Bonchev–Trinajstić information content (AvgIpc) is 2.87. The van der Waals surface area contributed by atoms with Gasteiger partial charge in [-0.3, -0.25) is 0 Å². The fourth-order valence-corrected chi connectivity index (χ4v) is 2.16. The lowest BCUT2D eigenvalue weighted by Crippen LogP contribution is -2.25. The van der Waals surface area contributed by atoms with E-state index in [1.54, 1.807) is 6.20 Å². The molecule has 0 saturated heterocycles. The zero-order chi connectivity index (χ0) is 13.7. The molecule has 0 radical (unpaired) electrons. The standard InChI is InChI=1S/C16H22N2O/c1-16(2,3)11-15(13-7-5-4-6-8-13)17-12-14-9-10-18-19-14/h4-10,15,17H,11-12H2,1-3H3. The molecule has 19 heavy (non-hydrogen) atoms. The Morgan fingerprint density at radius 2 is 1.89 bits per heavy atom. The second-order valence-electron chi connectivity index (χ2n) is 6.09. The van der Waals surface area contributed by atoms with E-state index < -0.39 is 0 Å². The van der Waals surface area contributed by atoms with Crippen LogP contribution in [-0.4, -0.2) is 5.16 Å². The second kappa shape index (κ2) is 6.02. The number of hydrogen-bond acceptors (Lipinski definition) is 3. The lowest BCUT2D eigenvalue weighted by atomic mass is 9.85. The van der Waals surface area contributed by atoms with E-state index in [1.165, 1.54) is 5.56 Å². The molecule has 1 heterocycles. The molecule has 1 N–H and O–H groups in total. The molecule has 0 aliphatic heterocycles. The van der Waals surface area contributed by atoms with E-state index in [1.807, 2.05) is 12.1 Å². The van der Waals surface area contributed by atoms with Crippen molar-refractivity contribution in [3.05, 3.63) is 53.9 Å². The lowest BCUT2D eigenvalue weighted by molar-refractivity contribution is 0.297. The second-order valence-corrected chi connectivity index (χ2v) is 6.09. The Morgan fingerprint density at radius 3 is 2.47 bits per heavy atom. The van der Waals surface area contributed by atoms with Crippen molar-refractivity contribution in [1.82, 2.24) is 10.5 Å². The summed E-state index contributed by atoms with van der Waals surface area (Å²) in [7, 11) is 0. The van der Waals surface area contributed by atoms with Gasteiger partial charge in [0, 0.05) is 12.1 Å². The quantitative estimate of drug-likeness (QED) is 0.882. The molecule has 2 aromatic rings. The molecular formula is C16H22N2O. The molecule has 1 unspecified atom stereocenters. The molecule has 3 heteroatoms. The average molecular weight is 258 g/mol. The van der Waals surface area contributed by atoms with Crippen molar-refractivity contribution < 1.29 is 4.52 Å². The smallest absolute Gasteiger partial charge is 0.150 e. The first kappa shape index (κ1) is 13.8. The topological polar surface area (TPSA) is 38.1 Å². The monoisotopic (exact) mass is 258 g/mol. The van der Waals surface area contributed by atoms with E-state index in [9.17, 15) is 0 Å². The van der Waals surface area contributed by atoms with Crippen LogP contribution in [0.4, 0.5) is 0 Å². The normalized spacial score (nSPS) is 13.4. The minimum atomic E-state index is 0.273. The first-order chi connectivity index (χ1) is 9.04.